The highest BCUT2D eigenvalue weighted by molar-refractivity contribution is 5.99. The third kappa shape index (κ3) is 3.22. The number of Topliss-reactive ketones (excluding diaryl/α,β-unsaturated/α-hetero) is 1. The molecule has 1 saturated heterocycles. The van der Waals surface area contributed by atoms with Gasteiger partial charge < -0.3 is 15.2 Å². The Hall–Kier alpha value is -1.33. The molecule has 0 aliphatic carbocycles. The lowest BCUT2D eigenvalue weighted by atomic mass is 10.0. The van der Waals surface area contributed by atoms with Gasteiger partial charge in [-0.1, -0.05) is 0 Å². The van der Waals surface area contributed by atoms with Crippen LogP contribution in [0.2, 0.25) is 0 Å². The molecule has 6 heteroatoms. The Balaban J connectivity index is 0.00000200. The SMILES string of the molecule is CC(=O)c1cc(C(=O)N2CCCCC2CN)n(C)c1.Cl. The number of halogens is 1. The number of carbonyl (C=O) groups excluding carboxylic acids is 2. The molecule has 1 amide bonds. The molecule has 0 aromatic carbocycles. The Morgan fingerprint density at radius 3 is 2.65 bits per heavy atom. The first-order valence-corrected chi connectivity index (χ1v) is 6.73. The molecule has 0 bridgehead atoms. The second-order valence-corrected chi connectivity index (χ2v) is 5.16. The van der Waals surface area contributed by atoms with Gasteiger partial charge in [-0.3, -0.25) is 9.59 Å². The minimum absolute atomic E-state index is 0. The summed E-state index contributed by atoms with van der Waals surface area (Å²) in [4.78, 5) is 25.8. The van der Waals surface area contributed by atoms with Crippen LogP contribution in [0.5, 0.6) is 0 Å². The summed E-state index contributed by atoms with van der Waals surface area (Å²) in [6, 6.07) is 1.80. The molecule has 1 aromatic heterocycles. The zero-order chi connectivity index (χ0) is 14.0. The fraction of sp³-hybridized carbons (Fsp3) is 0.571. The van der Waals surface area contributed by atoms with E-state index in [2.05, 4.69) is 0 Å². The lowest BCUT2D eigenvalue weighted by molar-refractivity contribution is 0.0613. The van der Waals surface area contributed by atoms with Crippen LogP contribution in [0.3, 0.4) is 0 Å². The third-order valence-electron chi connectivity index (χ3n) is 3.79. The van der Waals surface area contributed by atoms with E-state index in [0.29, 0.717) is 17.8 Å². The maximum atomic E-state index is 12.6. The molecule has 112 valence electrons. The highest BCUT2D eigenvalue weighted by Gasteiger charge is 2.28. The fourth-order valence-corrected chi connectivity index (χ4v) is 2.63. The molecule has 1 aliphatic heterocycles. The van der Waals surface area contributed by atoms with Gasteiger partial charge in [0.15, 0.2) is 5.78 Å². The number of aryl methyl sites for hydroxylation is 1. The first kappa shape index (κ1) is 16.7. The van der Waals surface area contributed by atoms with E-state index in [1.54, 1.807) is 23.9 Å². The quantitative estimate of drug-likeness (QED) is 0.862. The van der Waals surface area contributed by atoms with Gasteiger partial charge in [-0.05, 0) is 32.3 Å². The number of aromatic nitrogens is 1. The molecular weight excluding hydrogens is 278 g/mol. The van der Waals surface area contributed by atoms with E-state index in [9.17, 15) is 9.59 Å². The monoisotopic (exact) mass is 299 g/mol. The second-order valence-electron chi connectivity index (χ2n) is 5.16. The maximum absolute atomic E-state index is 12.6. The average Bonchev–Trinajstić information content (AvgIpc) is 2.80. The van der Waals surface area contributed by atoms with E-state index in [0.717, 1.165) is 25.8 Å². The van der Waals surface area contributed by atoms with Crippen LogP contribution in [-0.2, 0) is 7.05 Å². The molecule has 1 aromatic rings. The zero-order valence-electron chi connectivity index (χ0n) is 12.0. The normalized spacial score (nSPS) is 18.6. The third-order valence-corrected chi connectivity index (χ3v) is 3.79. The molecule has 1 aliphatic rings. The summed E-state index contributed by atoms with van der Waals surface area (Å²) in [5.74, 6) is -0.0474. The number of amides is 1. The predicted octanol–water partition coefficient (Wildman–Crippen LogP) is 1.60. The molecule has 1 fully saturated rings. The Morgan fingerprint density at radius 1 is 1.40 bits per heavy atom. The summed E-state index contributed by atoms with van der Waals surface area (Å²) in [5, 5.41) is 0. The van der Waals surface area contributed by atoms with Crippen LogP contribution >= 0.6 is 12.4 Å². The summed E-state index contributed by atoms with van der Waals surface area (Å²) < 4.78 is 1.72. The van der Waals surface area contributed by atoms with Gasteiger partial charge in [0, 0.05) is 37.9 Å². The van der Waals surface area contributed by atoms with Gasteiger partial charge >= 0.3 is 0 Å². The maximum Gasteiger partial charge on any atom is 0.270 e. The summed E-state index contributed by atoms with van der Waals surface area (Å²) in [7, 11) is 1.79. The van der Waals surface area contributed by atoms with Crippen LogP contribution < -0.4 is 5.73 Å². The highest BCUT2D eigenvalue weighted by Crippen LogP contribution is 2.20. The number of hydrogen-bond acceptors (Lipinski definition) is 3. The molecule has 0 radical (unpaired) electrons. The minimum atomic E-state index is -0.0244. The van der Waals surface area contributed by atoms with Crippen molar-refractivity contribution in [1.82, 2.24) is 9.47 Å². The molecule has 0 spiro atoms. The van der Waals surface area contributed by atoms with Crippen molar-refractivity contribution in [2.75, 3.05) is 13.1 Å². The Kier molecular flexibility index (Phi) is 5.77. The van der Waals surface area contributed by atoms with Crippen molar-refractivity contribution in [2.24, 2.45) is 12.8 Å². The number of likely N-dealkylation sites (tertiary alicyclic amines) is 1. The zero-order valence-corrected chi connectivity index (χ0v) is 12.8. The molecule has 2 N–H and O–H groups in total. The Bertz CT molecular complexity index is 499. The topological polar surface area (TPSA) is 68.3 Å². The molecular formula is C14H22ClN3O2. The van der Waals surface area contributed by atoms with Crippen LogP contribution in [0.4, 0.5) is 0 Å². The van der Waals surface area contributed by atoms with Crippen molar-refractivity contribution in [1.29, 1.82) is 0 Å². The predicted molar refractivity (Wildman–Crippen MR) is 80.4 cm³/mol. The van der Waals surface area contributed by atoms with Gasteiger partial charge in [0.25, 0.3) is 5.91 Å². The summed E-state index contributed by atoms with van der Waals surface area (Å²) >= 11 is 0. The van der Waals surface area contributed by atoms with Crippen molar-refractivity contribution in [3.8, 4) is 0 Å². The molecule has 2 heterocycles. The summed E-state index contributed by atoms with van der Waals surface area (Å²) in [5.41, 5.74) is 6.88. The molecule has 1 unspecified atom stereocenters. The first-order chi connectivity index (χ1) is 9.04. The van der Waals surface area contributed by atoms with Crippen LogP contribution in [0.1, 0.15) is 47.0 Å². The lowest BCUT2D eigenvalue weighted by Gasteiger charge is -2.35. The smallest absolute Gasteiger partial charge is 0.270 e. The number of carbonyl (C=O) groups is 2. The molecule has 20 heavy (non-hydrogen) atoms. The fourth-order valence-electron chi connectivity index (χ4n) is 2.63. The largest absolute Gasteiger partial charge is 0.346 e. The lowest BCUT2D eigenvalue weighted by Crippen LogP contribution is -2.47. The van der Waals surface area contributed by atoms with Gasteiger partial charge in [-0.25, -0.2) is 0 Å². The number of rotatable bonds is 3. The van der Waals surface area contributed by atoms with E-state index in [1.807, 2.05) is 4.90 Å². The Labute approximate surface area is 125 Å². The highest BCUT2D eigenvalue weighted by atomic mass is 35.5. The van der Waals surface area contributed by atoms with Gasteiger partial charge in [0.1, 0.15) is 5.69 Å². The summed E-state index contributed by atoms with van der Waals surface area (Å²) in [6.07, 6.45) is 4.81. The second kappa shape index (κ2) is 6.90. The van der Waals surface area contributed by atoms with Gasteiger partial charge in [-0.2, -0.15) is 0 Å². The van der Waals surface area contributed by atoms with Crippen molar-refractivity contribution >= 4 is 24.1 Å². The van der Waals surface area contributed by atoms with Crippen molar-refractivity contribution in [3.05, 3.63) is 23.5 Å². The first-order valence-electron chi connectivity index (χ1n) is 6.73. The van der Waals surface area contributed by atoms with Crippen molar-refractivity contribution in [3.63, 3.8) is 0 Å². The number of piperidine rings is 1. The van der Waals surface area contributed by atoms with E-state index >= 15 is 0 Å². The van der Waals surface area contributed by atoms with Gasteiger partial charge in [0.05, 0.1) is 0 Å². The van der Waals surface area contributed by atoms with Crippen molar-refractivity contribution in [2.45, 2.75) is 32.2 Å². The Morgan fingerprint density at radius 2 is 2.10 bits per heavy atom. The van der Waals surface area contributed by atoms with Crippen LogP contribution in [0.25, 0.3) is 0 Å². The van der Waals surface area contributed by atoms with Gasteiger partial charge in [0.2, 0.25) is 0 Å². The van der Waals surface area contributed by atoms with Crippen LogP contribution in [0.15, 0.2) is 12.3 Å². The van der Waals surface area contributed by atoms with Crippen LogP contribution in [-0.4, -0.2) is 40.3 Å². The van der Waals surface area contributed by atoms with E-state index < -0.39 is 0 Å². The average molecular weight is 300 g/mol. The molecule has 5 nitrogen and oxygen atoms in total. The summed E-state index contributed by atoms with van der Waals surface area (Å²) in [6.45, 7) is 2.75. The molecule has 1 atom stereocenters. The number of hydrogen-bond donors (Lipinski definition) is 1. The molecule has 0 saturated carbocycles. The molecule has 2 rings (SSSR count). The number of nitrogens with two attached hydrogens (primary N) is 1. The van der Waals surface area contributed by atoms with Crippen LogP contribution in [0, 0.1) is 0 Å². The number of nitrogens with zero attached hydrogens (tertiary/aromatic N) is 2. The van der Waals surface area contributed by atoms with Crippen molar-refractivity contribution < 1.29 is 9.59 Å². The number of ketones is 1. The van der Waals surface area contributed by atoms with Gasteiger partial charge in [-0.15, -0.1) is 12.4 Å². The van der Waals surface area contributed by atoms with E-state index in [-0.39, 0.29) is 30.1 Å². The minimum Gasteiger partial charge on any atom is -0.346 e. The van der Waals surface area contributed by atoms with E-state index in [4.69, 9.17) is 5.73 Å². The van der Waals surface area contributed by atoms with E-state index in [1.165, 1.54) is 6.92 Å². The standard InChI is InChI=1S/C14H21N3O2.ClH/c1-10(18)11-7-13(16(2)9-11)14(19)17-6-4-3-5-12(17)8-15;/h7,9,12H,3-6,8,15H2,1-2H3;1H.